The van der Waals surface area contributed by atoms with Crippen LogP contribution in [0.5, 0.6) is 0 Å². The summed E-state index contributed by atoms with van der Waals surface area (Å²) in [4.78, 5) is 37.6. The molecule has 28 heavy (non-hydrogen) atoms. The maximum atomic E-state index is 14.2. The average Bonchev–Trinajstić information content (AvgIpc) is 3.12. The Hall–Kier alpha value is -3.42. The first-order valence-electron chi connectivity index (χ1n) is 8.75. The molecule has 1 aliphatic heterocycles. The van der Waals surface area contributed by atoms with Crippen molar-refractivity contribution >= 4 is 23.6 Å². The molecule has 3 N–H and O–H groups in total. The van der Waals surface area contributed by atoms with E-state index in [4.69, 9.17) is 0 Å². The van der Waals surface area contributed by atoms with Crippen LogP contribution < -0.4 is 15.5 Å². The molecular formula is C20H20FN3O4. The third-order valence-corrected chi connectivity index (χ3v) is 4.85. The molecule has 1 unspecified atom stereocenters. The molecule has 146 valence electrons. The van der Waals surface area contributed by atoms with E-state index in [0.717, 1.165) is 6.07 Å². The zero-order valence-corrected chi connectivity index (χ0v) is 15.2. The average molecular weight is 385 g/mol. The van der Waals surface area contributed by atoms with Crippen molar-refractivity contribution in [3.63, 3.8) is 0 Å². The van der Waals surface area contributed by atoms with Crippen molar-refractivity contribution in [2.45, 2.75) is 12.3 Å². The molecule has 3 rings (SSSR count). The summed E-state index contributed by atoms with van der Waals surface area (Å²) >= 11 is 0. The number of halogens is 1. The second kappa shape index (κ2) is 7.67. The van der Waals surface area contributed by atoms with Crippen molar-refractivity contribution in [2.24, 2.45) is 0 Å². The van der Waals surface area contributed by atoms with Crippen LogP contribution in [0.25, 0.3) is 0 Å². The molecule has 1 saturated heterocycles. The number of carboxylic acid groups (broad SMARTS) is 1. The number of hydrogen-bond donors (Lipinski definition) is 3. The van der Waals surface area contributed by atoms with Crippen LogP contribution in [0, 0.1) is 5.82 Å². The Labute approximate surface area is 161 Å². The molecule has 8 heteroatoms. The van der Waals surface area contributed by atoms with Gasteiger partial charge in [-0.3, -0.25) is 14.5 Å². The van der Waals surface area contributed by atoms with Crippen molar-refractivity contribution < 1.29 is 23.9 Å². The molecule has 1 fully saturated rings. The molecule has 2 aromatic carbocycles. The lowest BCUT2D eigenvalue weighted by Crippen LogP contribution is -2.44. The molecule has 3 amide bonds. The minimum atomic E-state index is -1.38. The van der Waals surface area contributed by atoms with E-state index in [1.807, 2.05) is 0 Å². The number of carboxylic acids is 1. The summed E-state index contributed by atoms with van der Waals surface area (Å²) in [6, 6.07) is 12.0. The predicted octanol–water partition coefficient (Wildman–Crippen LogP) is 2.13. The summed E-state index contributed by atoms with van der Waals surface area (Å²) in [5.41, 5.74) is -0.714. The number of anilines is 1. The van der Waals surface area contributed by atoms with Gasteiger partial charge in [-0.15, -0.1) is 0 Å². The summed E-state index contributed by atoms with van der Waals surface area (Å²) in [7, 11) is 0. The number of amides is 3. The van der Waals surface area contributed by atoms with E-state index in [1.54, 1.807) is 30.3 Å². The van der Waals surface area contributed by atoms with E-state index in [9.17, 15) is 23.9 Å². The SMILES string of the molecule is CC(CNC(=O)c1cc(N2CCNC2=O)ccc1F)(C(=O)O)c1ccccc1. The van der Waals surface area contributed by atoms with Gasteiger partial charge in [-0.2, -0.15) is 0 Å². The molecule has 0 aliphatic carbocycles. The molecule has 1 aliphatic rings. The first-order valence-corrected chi connectivity index (χ1v) is 8.75. The molecule has 0 radical (unpaired) electrons. The van der Waals surface area contributed by atoms with Gasteiger partial charge in [0.15, 0.2) is 0 Å². The fraction of sp³-hybridized carbons (Fsp3) is 0.250. The summed E-state index contributed by atoms with van der Waals surface area (Å²) in [5.74, 6) is -2.61. The van der Waals surface area contributed by atoms with Crippen LogP contribution in [0.3, 0.4) is 0 Å². The smallest absolute Gasteiger partial charge is 0.321 e. The zero-order valence-electron chi connectivity index (χ0n) is 15.2. The van der Waals surface area contributed by atoms with E-state index >= 15 is 0 Å². The molecule has 0 saturated carbocycles. The number of nitrogens with one attached hydrogen (secondary N) is 2. The first-order chi connectivity index (χ1) is 13.3. The molecule has 1 heterocycles. The van der Waals surface area contributed by atoms with Gasteiger partial charge in [0, 0.05) is 25.3 Å². The Balaban J connectivity index is 1.81. The Kier molecular flexibility index (Phi) is 5.30. The van der Waals surface area contributed by atoms with E-state index in [2.05, 4.69) is 10.6 Å². The van der Waals surface area contributed by atoms with Crippen molar-refractivity contribution in [1.82, 2.24) is 10.6 Å². The van der Waals surface area contributed by atoms with Gasteiger partial charge < -0.3 is 15.7 Å². The number of carbonyl (C=O) groups excluding carboxylic acids is 2. The van der Waals surface area contributed by atoms with Crippen LogP contribution >= 0.6 is 0 Å². The lowest BCUT2D eigenvalue weighted by Gasteiger charge is -2.26. The highest BCUT2D eigenvalue weighted by Crippen LogP contribution is 2.24. The number of rotatable bonds is 6. The highest BCUT2D eigenvalue weighted by atomic mass is 19.1. The summed E-state index contributed by atoms with van der Waals surface area (Å²) in [5, 5.41) is 14.8. The van der Waals surface area contributed by atoms with E-state index < -0.39 is 23.1 Å². The van der Waals surface area contributed by atoms with Crippen molar-refractivity contribution in [3.05, 3.63) is 65.5 Å². The fourth-order valence-corrected chi connectivity index (χ4v) is 3.03. The first kappa shape index (κ1) is 19.3. The van der Waals surface area contributed by atoms with Gasteiger partial charge in [-0.05, 0) is 30.7 Å². The fourth-order valence-electron chi connectivity index (χ4n) is 3.03. The van der Waals surface area contributed by atoms with Gasteiger partial charge in [-0.1, -0.05) is 30.3 Å². The Morgan fingerprint density at radius 2 is 1.96 bits per heavy atom. The largest absolute Gasteiger partial charge is 0.481 e. The molecule has 1 atom stereocenters. The highest BCUT2D eigenvalue weighted by molar-refractivity contribution is 5.99. The van der Waals surface area contributed by atoms with Crippen molar-refractivity contribution in [3.8, 4) is 0 Å². The van der Waals surface area contributed by atoms with Crippen LogP contribution in [0.15, 0.2) is 48.5 Å². The Morgan fingerprint density at radius 1 is 1.25 bits per heavy atom. The maximum Gasteiger partial charge on any atom is 0.321 e. The molecule has 0 bridgehead atoms. The van der Waals surface area contributed by atoms with Gasteiger partial charge in [-0.25, -0.2) is 9.18 Å². The summed E-state index contributed by atoms with van der Waals surface area (Å²) in [6.45, 7) is 2.15. The number of aliphatic carboxylic acids is 1. The van der Waals surface area contributed by atoms with Crippen LogP contribution in [0.2, 0.25) is 0 Å². The number of urea groups is 1. The lowest BCUT2D eigenvalue weighted by atomic mass is 9.82. The summed E-state index contributed by atoms with van der Waals surface area (Å²) in [6.07, 6.45) is 0. The molecule has 2 aromatic rings. The second-order valence-corrected chi connectivity index (χ2v) is 6.73. The molecule has 0 spiro atoms. The highest BCUT2D eigenvalue weighted by Gasteiger charge is 2.36. The van der Waals surface area contributed by atoms with Gasteiger partial charge in [0.05, 0.1) is 5.56 Å². The topological polar surface area (TPSA) is 98.7 Å². The summed E-state index contributed by atoms with van der Waals surface area (Å²) < 4.78 is 14.2. The third kappa shape index (κ3) is 3.66. The number of carbonyl (C=O) groups is 3. The second-order valence-electron chi connectivity index (χ2n) is 6.73. The van der Waals surface area contributed by atoms with Crippen molar-refractivity contribution in [2.75, 3.05) is 24.5 Å². The molecular weight excluding hydrogens is 365 g/mol. The lowest BCUT2D eigenvalue weighted by molar-refractivity contribution is -0.142. The normalized spacial score (nSPS) is 15.6. The quantitative estimate of drug-likeness (QED) is 0.709. The van der Waals surface area contributed by atoms with Crippen LogP contribution in [0.4, 0.5) is 14.9 Å². The van der Waals surface area contributed by atoms with Crippen LogP contribution in [0.1, 0.15) is 22.8 Å². The third-order valence-electron chi connectivity index (χ3n) is 4.85. The molecule has 7 nitrogen and oxygen atoms in total. The number of benzene rings is 2. The van der Waals surface area contributed by atoms with Gasteiger partial charge in [0.25, 0.3) is 5.91 Å². The Bertz CT molecular complexity index is 919. The maximum absolute atomic E-state index is 14.2. The van der Waals surface area contributed by atoms with Gasteiger partial charge in [0.2, 0.25) is 0 Å². The predicted molar refractivity (Wildman–Crippen MR) is 101 cm³/mol. The van der Waals surface area contributed by atoms with E-state index in [-0.39, 0.29) is 18.1 Å². The zero-order chi connectivity index (χ0) is 20.3. The minimum Gasteiger partial charge on any atom is -0.481 e. The molecule has 0 aromatic heterocycles. The minimum absolute atomic E-state index is 0.223. The van der Waals surface area contributed by atoms with E-state index in [0.29, 0.717) is 24.3 Å². The Morgan fingerprint density at radius 3 is 2.57 bits per heavy atom. The van der Waals surface area contributed by atoms with Gasteiger partial charge >= 0.3 is 12.0 Å². The van der Waals surface area contributed by atoms with Crippen molar-refractivity contribution in [1.29, 1.82) is 0 Å². The number of hydrogen-bond acceptors (Lipinski definition) is 3. The standard InChI is InChI=1S/C20H20FN3O4/c1-20(18(26)27,13-5-3-2-4-6-13)12-23-17(25)15-11-14(7-8-16(15)21)24-10-9-22-19(24)28/h2-8,11H,9-10,12H2,1H3,(H,22,28)(H,23,25)(H,26,27). The van der Waals surface area contributed by atoms with Crippen LogP contribution in [-0.2, 0) is 10.2 Å². The number of nitrogens with zero attached hydrogens (tertiary/aromatic N) is 1. The van der Waals surface area contributed by atoms with Gasteiger partial charge in [0.1, 0.15) is 11.2 Å². The van der Waals surface area contributed by atoms with E-state index in [1.165, 1.54) is 24.0 Å². The monoisotopic (exact) mass is 385 g/mol. The van der Waals surface area contributed by atoms with Crippen LogP contribution in [-0.4, -0.2) is 42.6 Å².